The van der Waals surface area contributed by atoms with Crippen LogP contribution in [0.3, 0.4) is 0 Å². The van der Waals surface area contributed by atoms with Gasteiger partial charge < -0.3 is 14.8 Å². The molecule has 0 aliphatic carbocycles. The summed E-state index contributed by atoms with van der Waals surface area (Å²) >= 11 is 0. The van der Waals surface area contributed by atoms with Gasteiger partial charge in [-0.2, -0.15) is 0 Å². The lowest BCUT2D eigenvalue weighted by Gasteiger charge is -2.13. The van der Waals surface area contributed by atoms with Crippen LogP contribution >= 0.6 is 0 Å². The van der Waals surface area contributed by atoms with Crippen LogP contribution in [0.2, 0.25) is 0 Å². The van der Waals surface area contributed by atoms with Crippen LogP contribution in [-0.4, -0.2) is 38.1 Å². The number of nitrogens with one attached hydrogen (secondary N) is 1. The zero-order chi connectivity index (χ0) is 17.4. The topological polar surface area (TPSA) is 64.6 Å². The van der Waals surface area contributed by atoms with E-state index < -0.39 is 0 Å². The van der Waals surface area contributed by atoms with Crippen LogP contribution in [0.25, 0.3) is 0 Å². The molecule has 0 heterocycles. The predicted octanol–water partition coefficient (Wildman–Crippen LogP) is 2.45. The van der Waals surface area contributed by atoms with E-state index >= 15 is 0 Å². The summed E-state index contributed by atoms with van der Waals surface area (Å²) in [5, 5.41) is 2.76. The number of hydrogen-bond donors (Lipinski definition) is 1. The highest BCUT2D eigenvalue weighted by atomic mass is 16.5. The molecule has 0 aliphatic heterocycles. The Morgan fingerprint density at radius 1 is 1.00 bits per heavy atom. The Morgan fingerprint density at radius 3 is 2.25 bits per heavy atom. The molecule has 5 heteroatoms. The third-order valence-electron chi connectivity index (χ3n) is 3.35. The fraction of sp³-hybridized carbons (Fsp3) is 0.263. The predicted molar refractivity (Wildman–Crippen MR) is 91.3 cm³/mol. The van der Waals surface area contributed by atoms with E-state index in [-0.39, 0.29) is 24.3 Å². The van der Waals surface area contributed by atoms with E-state index in [4.69, 9.17) is 9.47 Å². The average Bonchev–Trinajstić information content (AvgIpc) is 2.61. The fourth-order valence-electron chi connectivity index (χ4n) is 2.22. The minimum Gasteiger partial charge on any atom is -0.484 e. The van der Waals surface area contributed by atoms with E-state index in [1.165, 1.54) is 0 Å². The van der Waals surface area contributed by atoms with Crippen molar-refractivity contribution in [3.63, 3.8) is 0 Å². The Morgan fingerprint density at radius 2 is 1.62 bits per heavy atom. The third kappa shape index (κ3) is 5.21. The van der Waals surface area contributed by atoms with Crippen molar-refractivity contribution < 1.29 is 19.1 Å². The van der Waals surface area contributed by atoms with Gasteiger partial charge in [-0.15, -0.1) is 0 Å². The largest absolute Gasteiger partial charge is 0.484 e. The molecule has 24 heavy (non-hydrogen) atoms. The van der Waals surface area contributed by atoms with Gasteiger partial charge in [-0.1, -0.05) is 30.3 Å². The summed E-state index contributed by atoms with van der Waals surface area (Å²) in [5.41, 5.74) is 1.21. The summed E-state index contributed by atoms with van der Waals surface area (Å²) in [6.45, 7) is 2.22. The van der Waals surface area contributed by atoms with Gasteiger partial charge in [0.15, 0.2) is 12.4 Å². The number of methoxy groups -OCH3 is 1. The Bertz CT molecular complexity index is 668. The van der Waals surface area contributed by atoms with Gasteiger partial charge in [-0.3, -0.25) is 9.59 Å². The standard InChI is InChI=1S/C19H21NO4/c1-14(12-23-2)20-18(21)13-24-17-10-8-16(9-11-17)19(22)15-6-4-3-5-7-15/h3-11,14H,12-13H2,1-2H3,(H,20,21). The number of ether oxygens (including phenoxy) is 2. The first-order valence-electron chi connectivity index (χ1n) is 7.71. The summed E-state index contributed by atoms with van der Waals surface area (Å²) in [4.78, 5) is 24.0. The Hall–Kier alpha value is -2.66. The molecular formula is C19H21NO4. The number of carbonyl (C=O) groups is 2. The lowest BCUT2D eigenvalue weighted by molar-refractivity contribution is -0.124. The van der Waals surface area contributed by atoms with Crippen LogP contribution in [0.15, 0.2) is 54.6 Å². The normalized spacial score (nSPS) is 11.6. The van der Waals surface area contributed by atoms with Crippen LogP contribution in [0.4, 0.5) is 0 Å². The molecule has 1 atom stereocenters. The van der Waals surface area contributed by atoms with Crippen molar-refractivity contribution >= 4 is 11.7 Å². The van der Waals surface area contributed by atoms with Crippen molar-refractivity contribution in [3.05, 3.63) is 65.7 Å². The van der Waals surface area contributed by atoms with Gasteiger partial charge in [0.25, 0.3) is 5.91 Å². The molecule has 0 saturated heterocycles. The van der Waals surface area contributed by atoms with E-state index in [2.05, 4.69) is 5.32 Å². The maximum atomic E-state index is 12.3. The first kappa shape index (κ1) is 17.7. The monoisotopic (exact) mass is 327 g/mol. The summed E-state index contributed by atoms with van der Waals surface area (Å²) in [6, 6.07) is 15.7. The quantitative estimate of drug-likeness (QED) is 0.757. The molecular weight excluding hydrogens is 306 g/mol. The minimum absolute atomic E-state index is 0.0479. The third-order valence-corrected chi connectivity index (χ3v) is 3.35. The number of amides is 1. The number of benzene rings is 2. The fourth-order valence-corrected chi connectivity index (χ4v) is 2.22. The van der Waals surface area contributed by atoms with Gasteiger partial charge in [0.1, 0.15) is 5.75 Å². The van der Waals surface area contributed by atoms with Crippen LogP contribution < -0.4 is 10.1 Å². The van der Waals surface area contributed by atoms with Crippen molar-refractivity contribution in [3.8, 4) is 5.75 Å². The molecule has 0 fully saturated rings. The second-order valence-corrected chi connectivity index (χ2v) is 5.43. The summed E-state index contributed by atoms with van der Waals surface area (Å²) < 4.78 is 10.4. The van der Waals surface area contributed by atoms with Crippen LogP contribution in [-0.2, 0) is 9.53 Å². The van der Waals surface area contributed by atoms with E-state index in [1.807, 2.05) is 25.1 Å². The minimum atomic E-state index is -0.219. The van der Waals surface area contributed by atoms with Gasteiger partial charge in [0, 0.05) is 24.3 Å². The lowest BCUT2D eigenvalue weighted by atomic mass is 10.0. The molecule has 5 nitrogen and oxygen atoms in total. The molecule has 2 aromatic carbocycles. The first-order chi connectivity index (χ1) is 11.6. The molecule has 126 valence electrons. The van der Waals surface area contributed by atoms with Crippen LogP contribution in [0.1, 0.15) is 22.8 Å². The first-order valence-corrected chi connectivity index (χ1v) is 7.71. The van der Waals surface area contributed by atoms with Crippen LogP contribution in [0, 0.1) is 0 Å². The summed E-state index contributed by atoms with van der Waals surface area (Å²) in [7, 11) is 1.58. The lowest BCUT2D eigenvalue weighted by Crippen LogP contribution is -2.38. The second-order valence-electron chi connectivity index (χ2n) is 5.43. The van der Waals surface area contributed by atoms with Crippen molar-refractivity contribution in [2.24, 2.45) is 0 Å². The molecule has 0 radical (unpaired) electrons. The van der Waals surface area contributed by atoms with Gasteiger partial charge in [-0.05, 0) is 31.2 Å². The molecule has 0 bridgehead atoms. The maximum absolute atomic E-state index is 12.3. The molecule has 2 aromatic rings. The molecule has 1 N–H and O–H groups in total. The molecule has 1 unspecified atom stereocenters. The average molecular weight is 327 g/mol. The zero-order valence-electron chi connectivity index (χ0n) is 13.8. The highest BCUT2D eigenvalue weighted by Gasteiger charge is 2.10. The zero-order valence-corrected chi connectivity index (χ0v) is 13.8. The highest BCUT2D eigenvalue weighted by molar-refractivity contribution is 6.08. The molecule has 0 saturated carbocycles. The van der Waals surface area contributed by atoms with E-state index in [0.29, 0.717) is 23.5 Å². The maximum Gasteiger partial charge on any atom is 0.258 e. The van der Waals surface area contributed by atoms with E-state index in [0.717, 1.165) is 0 Å². The number of hydrogen-bond acceptors (Lipinski definition) is 4. The smallest absolute Gasteiger partial charge is 0.258 e. The SMILES string of the molecule is COCC(C)NC(=O)COc1ccc(C(=O)c2ccccc2)cc1. The Labute approximate surface area is 141 Å². The number of rotatable bonds is 8. The number of ketones is 1. The second kappa shape index (κ2) is 8.84. The highest BCUT2D eigenvalue weighted by Crippen LogP contribution is 2.15. The van der Waals surface area contributed by atoms with Gasteiger partial charge in [-0.25, -0.2) is 0 Å². The van der Waals surface area contributed by atoms with Crippen molar-refractivity contribution in [1.29, 1.82) is 0 Å². The van der Waals surface area contributed by atoms with Gasteiger partial charge in [0.05, 0.1) is 6.61 Å². The van der Waals surface area contributed by atoms with Crippen LogP contribution in [0.5, 0.6) is 5.75 Å². The van der Waals surface area contributed by atoms with Crippen molar-refractivity contribution in [2.75, 3.05) is 20.3 Å². The summed E-state index contributed by atoms with van der Waals surface area (Å²) in [5.74, 6) is 0.270. The Kier molecular flexibility index (Phi) is 6.51. The molecule has 1 amide bonds. The molecule has 0 spiro atoms. The summed E-state index contributed by atoms with van der Waals surface area (Å²) in [6.07, 6.45) is 0. The molecule has 0 aliphatic rings. The van der Waals surface area contributed by atoms with E-state index in [1.54, 1.807) is 43.5 Å². The van der Waals surface area contributed by atoms with Crippen molar-refractivity contribution in [1.82, 2.24) is 5.32 Å². The molecule has 2 rings (SSSR count). The Balaban J connectivity index is 1.88. The number of carbonyl (C=O) groups excluding carboxylic acids is 2. The van der Waals surface area contributed by atoms with Gasteiger partial charge >= 0.3 is 0 Å². The van der Waals surface area contributed by atoms with Gasteiger partial charge in [0.2, 0.25) is 0 Å². The van der Waals surface area contributed by atoms with Crippen molar-refractivity contribution in [2.45, 2.75) is 13.0 Å². The van der Waals surface area contributed by atoms with E-state index in [9.17, 15) is 9.59 Å². The molecule has 0 aromatic heterocycles.